The predicted octanol–water partition coefficient (Wildman–Crippen LogP) is -0.617. The van der Waals surface area contributed by atoms with Crippen molar-refractivity contribution < 1.29 is 23.7 Å². The highest BCUT2D eigenvalue weighted by Crippen LogP contribution is 2.17. The molecule has 0 aromatic rings. The standard InChI is InChI=1S/C12H20N2O5S/c1-8(15)13-10(12(17)18)6-20(19)7-11(16)14-9-4-2-3-5-9/h9-10H,2-7H2,1H3,(H,13,15)(H,14,16)(H,17,18). The van der Waals surface area contributed by atoms with Gasteiger partial charge < -0.3 is 15.7 Å². The normalized spacial score (nSPS) is 18.2. The fourth-order valence-electron chi connectivity index (χ4n) is 2.15. The largest absolute Gasteiger partial charge is 0.480 e. The molecule has 3 N–H and O–H groups in total. The third-order valence-corrected chi connectivity index (χ3v) is 4.33. The first-order chi connectivity index (χ1) is 9.38. The Morgan fingerprint density at radius 3 is 2.40 bits per heavy atom. The van der Waals surface area contributed by atoms with Crippen LogP contribution in [0.4, 0.5) is 0 Å². The number of carbonyl (C=O) groups is 3. The van der Waals surface area contributed by atoms with Crippen molar-refractivity contribution in [1.82, 2.24) is 10.6 Å². The van der Waals surface area contributed by atoms with Crippen molar-refractivity contribution in [3.63, 3.8) is 0 Å². The van der Waals surface area contributed by atoms with E-state index in [4.69, 9.17) is 5.11 Å². The number of hydrogen-bond acceptors (Lipinski definition) is 4. The molecule has 0 spiro atoms. The number of carboxylic acid groups (broad SMARTS) is 1. The summed E-state index contributed by atoms with van der Waals surface area (Å²) in [6.07, 6.45) is 4.03. The Kier molecular flexibility index (Phi) is 6.63. The maximum Gasteiger partial charge on any atom is 0.327 e. The fraction of sp³-hybridized carbons (Fsp3) is 0.750. The minimum atomic E-state index is -1.62. The van der Waals surface area contributed by atoms with Gasteiger partial charge in [0.1, 0.15) is 11.8 Å². The summed E-state index contributed by atoms with van der Waals surface area (Å²) in [5.74, 6) is -2.61. The van der Waals surface area contributed by atoms with Gasteiger partial charge in [0.2, 0.25) is 11.8 Å². The summed E-state index contributed by atoms with van der Waals surface area (Å²) in [4.78, 5) is 33.4. The van der Waals surface area contributed by atoms with E-state index in [9.17, 15) is 18.6 Å². The van der Waals surface area contributed by atoms with E-state index in [1.165, 1.54) is 6.92 Å². The molecule has 0 bridgehead atoms. The van der Waals surface area contributed by atoms with Gasteiger partial charge in [-0.3, -0.25) is 13.8 Å². The van der Waals surface area contributed by atoms with Crippen LogP contribution in [-0.2, 0) is 25.2 Å². The van der Waals surface area contributed by atoms with Crippen LogP contribution in [0.2, 0.25) is 0 Å². The van der Waals surface area contributed by atoms with Crippen LogP contribution < -0.4 is 10.6 Å². The van der Waals surface area contributed by atoms with E-state index in [2.05, 4.69) is 10.6 Å². The molecule has 1 aliphatic rings. The van der Waals surface area contributed by atoms with Crippen molar-refractivity contribution in [2.75, 3.05) is 11.5 Å². The maximum absolute atomic E-state index is 11.8. The van der Waals surface area contributed by atoms with Crippen LogP contribution in [0.5, 0.6) is 0 Å². The third-order valence-electron chi connectivity index (χ3n) is 3.04. The molecule has 114 valence electrons. The van der Waals surface area contributed by atoms with Crippen molar-refractivity contribution in [2.24, 2.45) is 0 Å². The second-order valence-electron chi connectivity index (χ2n) is 4.89. The van der Waals surface area contributed by atoms with Gasteiger partial charge in [-0.15, -0.1) is 0 Å². The van der Waals surface area contributed by atoms with Crippen molar-refractivity contribution in [3.8, 4) is 0 Å². The fourth-order valence-corrected chi connectivity index (χ4v) is 3.24. The van der Waals surface area contributed by atoms with Crippen LogP contribution >= 0.6 is 0 Å². The van der Waals surface area contributed by atoms with Crippen LogP contribution in [0.15, 0.2) is 0 Å². The van der Waals surface area contributed by atoms with Crippen LogP contribution in [-0.4, -0.2) is 50.7 Å². The van der Waals surface area contributed by atoms with E-state index in [0.717, 1.165) is 25.7 Å². The third kappa shape index (κ3) is 6.14. The lowest BCUT2D eigenvalue weighted by Gasteiger charge is -2.14. The number of amides is 2. The predicted molar refractivity (Wildman–Crippen MR) is 73.5 cm³/mol. The lowest BCUT2D eigenvalue weighted by Crippen LogP contribution is -2.45. The molecule has 0 saturated heterocycles. The number of nitrogens with one attached hydrogen (secondary N) is 2. The van der Waals surface area contributed by atoms with Gasteiger partial charge in [0.05, 0.1) is 5.75 Å². The molecule has 8 heteroatoms. The lowest BCUT2D eigenvalue weighted by atomic mass is 10.2. The van der Waals surface area contributed by atoms with Gasteiger partial charge in [-0.2, -0.15) is 0 Å². The molecule has 20 heavy (non-hydrogen) atoms. The van der Waals surface area contributed by atoms with Crippen molar-refractivity contribution >= 4 is 28.6 Å². The number of hydrogen-bond donors (Lipinski definition) is 3. The Hall–Kier alpha value is -1.44. The summed E-state index contributed by atoms with van der Waals surface area (Å²) in [7, 11) is -1.62. The first-order valence-electron chi connectivity index (χ1n) is 6.52. The maximum atomic E-state index is 11.8. The van der Waals surface area contributed by atoms with Crippen molar-refractivity contribution in [3.05, 3.63) is 0 Å². The minimum absolute atomic E-state index is 0.144. The number of carbonyl (C=O) groups excluding carboxylic acids is 2. The Morgan fingerprint density at radius 1 is 1.30 bits per heavy atom. The molecule has 0 heterocycles. The van der Waals surface area contributed by atoms with Crippen molar-refractivity contribution in [2.45, 2.75) is 44.7 Å². The van der Waals surface area contributed by atoms with E-state index in [1.807, 2.05) is 0 Å². The summed E-state index contributed by atoms with van der Waals surface area (Å²) in [5, 5.41) is 13.9. The summed E-state index contributed by atoms with van der Waals surface area (Å²) in [6.45, 7) is 1.19. The van der Waals surface area contributed by atoms with Gasteiger partial charge in [0.15, 0.2) is 0 Å². The Morgan fingerprint density at radius 2 is 1.90 bits per heavy atom. The quantitative estimate of drug-likeness (QED) is 0.580. The molecule has 2 amide bonds. The number of rotatable bonds is 7. The second kappa shape index (κ2) is 7.98. The first-order valence-corrected chi connectivity index (χ1v) is 8.01. The van der Waals surface area contributed by atoms with E-state index < -0.39 is 28.7 Å². The van der Waals surface area contributed by atoms with E-state index >= 15 is 0 Å². The molecule has 0 aromatic heterocycles. The van der Waals surface area contributed by atoms with Gasteiger partial charge >= 0.3 is 5.97 Å². The molecule has 2 atom stereocenters. The highest BCUT2D eigenvalue weighted by molar-refractivity contribution is 7.85. The molecular weight excluding hydrogens is 284 g/mol. The molecule has 2 unspecified atom stereocenters. The SMILES string of the molecule is CC(=O)NC(CS(=O)CC(=O)NC1CCCC1)C(=O)O. The summed E-state index contributed by atoms with van der Waals surface area (Å²) < 4.78 is 11.8. The summed E-state index contributed by atoms with van der Waals surface area (Å²) in [5.41, 5.74) is 0. The smallest absolute Gasteiger partial charge is 0.327 e. The first kappa shape index (κ1) is 16.6. The molecule has 1 rings (SSSR count). The topological polar surface area (TPSA) is 113 Å². The zero-order valence-corrected chi connectivity index (χ0v) is 12.2. The molecule has 1 fully saturated rings. The summed E-state index contributed by atoms with van der Waals surface area (Å²) >= 11 is 0. The van der Waals surface area contributed by atoms with Gasteiger partial charge in [-0.25, -0.2) is 4.79 Å². The molecule has 0 aliphatic heterocycles. The van der Waals surface area contributed by atoms with E-state index in [1.54, 1.807) is 0 Å². The van der Waals surface area contributed by atoms with Gasteiger partial charge in [0.25, 0.3) is 0 Å². The summed E-state index contributed by atoms with van der Waals surface area (Å²) in [6, 6.07) is -1.09. The number of aliphatic carboxylic acids is 1. The highest BCUT2D eigenvalue weighted by atomic mass is 32.2. The molecule has 1 aliphatic carbocycles. The average Bonchev–Trinajstić information content (AvgIpc) is 2.79. The molecule has 1 saturated carbocycles. The average molecular weight is 304 g/mol. The van der Waals surface area contributed by atoms with Crippen LogP contribution in [0, 0.1) is 0 Å². The zero-order chi connectivity index (χ0) is 15.1. The van der Waals surface area contributed by atoms with Crippen LogP contribution in [0.3, 0.4) is 0 Å². The second-order valence-corrected chi connectivity index (χ2v) is 6.39. The van der Waals surface area contributed by atoms with Crippen LogP contribution in [0.25, 0.3) is 0 Å². The minimum Gasteiger partial charge on any atom is -0.480 e. The molecular formula is C12H20N2O5S. The van der Waals surface area contributed by atoms with Crippen LogP contribution in [0.1, 0.15) is 32.6 Å². The molecule has 0 aromatic carbocycles. The lowest BCUT2D eigenvalue weighted by molar-refractivity contribution is -0.140. The Balaban J connectivity index is 2.38. The van der Waals surface area contributed by atoms with Gasteiger partial charge in [-0.05, 0) is 12.8 Å². The Bertz CT molecular complexity index is 407. The molecule has 0 radical (unpaired) electrons. The molecule has 7 nitrogen and oxygen atoms in total. The number of carboxylic acids is 1. The monoisotopic (exact) mass is 304 g/mol. The Labute approximate surface area is 120 Å². The van der Waals surface area contributed by atoms with Crippen molar-refractivity contribution in [1.29, 1.82) is 0 Å². The van der Waals surface area contributed by atoms with Gasteiger partial charge in [-0.1, -0.05) is 12.8 Å². The van der Waals surface area contributed by atoms with E-state index in [-0.39, 0.29) is 23.5 Å². The van der Waals surface area contributed by atoms with E-state index in [0.29, 0.717) is 0 Å². The highest BCUT2D eigenvalue weighted by Gasteiger charge is 2.23. The zero-order valence-electron chi connectivity index (χ0n) is 11.4. The van der Waals surface area contributed by atoms with Gasteiger partial charge in [0, 0.05) is 23.8 Å².